The molecule has 0 saturated heterocycles. The summed E-state index contributed by atoms with van der Waals surface area (Å²) in [6.07, 6.45) is 0.598. The van der Waals surface area contributed by atoms with Crippen molar-refractivity contribution in [2.24, 2.45) is 5.41 Å². The number of ether oxygens (including phenoxy) is 1. The Bertz CT molecular complexity index is 724. The van der Waals surface area contributed by atoms with E-state index in [-0.39, 0.29) is 10.8 Å². The third-order valence-corrected chi connectivity index (χ3v) is 4.08. The first-order valence-corrected chi connectivity index (χ1v) is 8.71. The lowest BCUT2D eigenvalue weighted by molar-refractivity contribution is 0.215. The second kappa shape index (κ2) is 7.30. The highest BCUT2D eigenvalue weighted by Gasteiger charge is 2.27. The van der Waals surface area contributed by atoms with Crippen LogP contribution in [0.15, 0.2) is 48.5 Å². The molecule has 3 heteroatoms. The minimum atomic E-state index is -0.479. The molecule has 2 aromatic rings. The number of nitrogens with one attached hydrogen (secondary N) is 1. The molecule has 134 valence electrons. The molecule has 25 heavy (non-hydrogen) atoms. The lowest BCUT2D eigenvalue weighted by Crippen LogP contribution is -2.24. The summed E-state index contributed by atoms with van der Waals surface area (Å²) >= 11 is 0. The summed E-state index contributed by atoms with van der Waals surface area (Å²) in [5.74, 6) is 0.542. The molecule has 0 aliphatic carbocycles. The summed E-state index contributed by atoms with van der Waals surface area (Å²) < 4.78 is 5.38. The van der Waals surface area contributed by atoms with Crippen molar-refractivity contribution < 1.29 is 9.53 Å². The molecule has 0 bridgehead atoms. The van der Waals surface area contributed by atoms with E-state index >= 15 is 0 Å². The van der Waals surface area contributed by atoms with Crippen LogP contribution in [0.1, 0.15) is 52.2 Å². The maximum Gasteiger partial charge on any atom is 0.417 e. The highest BCUT2D eigenvalue weighted by atomic mass is 16.6. The largest absolute Gasteiger partial charge is 0.417 e. The first-order valence-electron chi connectivity index (χ1n) is 8.71. The molecule has 0 saturated carbocycles. The van der Waals surface area contributed by atoms with Crippen molar-refractivity contribution in [2.45, 2.75) is 53.4 Å². The summed E-state index contributed by atoms with van der Waals surface area (Å²) in [5, 5.41) is 2.75. The molecule has 0 aliphatic rings. The molecule has 0 aliphatic heterocycles. The van der Waals surface area contributed by atoms with Crippen LogP contribution in [0, 0.1) is 12.3 Å². The Labute approximate surface area is 151 Å². The lowest BCUT2D eigenvalue weighted by atomic mass is 9.72. The van der Waals surface area contributed by atoms with E-state index in [0.29, 0.717) is 5.75 Å². The van der Waals surface area contributed by atoms with Crippen LogP contribution < -0.4 is 10.1 Å². The average Bonchev–Trinajstić information content (AvgIpc) is 2.45. The van der Waals surface area contributed by atoms with Gasteiger partial charge in [-0.1, -0.05) is 58.9 Å². The van der Waals surface area contributed by atoms with Crippen molar-refractivity contribution in [2.75, 3.05) is 5.32 Å². The molecular formula is C22H29NO2. The van der Waals surface area contributed by atoms with Crippen LogP contribution >= 0.6 is 0 Å². The summed E-state index contributed by atoms with van der Waals surface area (Å²) in [6, 6.07) is 15.4. The second-order valence-corrected chi connectivity index (χ2v) is 8.53. The minimum absolute atomic E-state index is 0.0700. The van der Waals surface area contributed by atoms with Gasteiger partial charge in [-0.05, 0) is 59.6 Å². The topological polar surface area (TPSA) is 38.3 Å². The fourth-order valence-electron chi connectivity index (χ4n) is 3.38. The second-order valence-electron chi connectivity index (χ2n) is 8.53. The molecule has 0 radical (unpaired) electrons. The van der Waals surface area contributed by atoms with Crippen LogP contribution in [-0.4, -0.2) is 6.09 Å². The number of amides is 1. The zero-order valence-electron chi connectivity index (χ0n) is 16.1. The summed E-state index contributed by atoms with van der Waals surface area (Å²) in [7, 11) is 0. The third kappa shape index (κ3) is 5.93. The molecule has 0 atom stereocenters. The smallest absolute Gasteiger partial charge is 0.410 e. The van der Waals surface area contributed by atoms with Crippen molar-refractivity contribution in [3.63, 3.8) is 0 Å². The number of rotatable bonds is 4. The zero-order valence-corrected chi connectivity index (χ0v) is 16.1. The minimum Gasteiger partial charge on any atom is -0.410 e. The van der Waals surface area contributed by atoms with E-state index in [1.165, 1.54) is 5.56 Å². The quantitative estimate of drug-likeness (QED) is 0.708. The Hall–Kier alpha value is -2.29. The van der Waals surface area contributed by atoms with Gasteiger partial charge in [0.2, 0.25) is 0 Å². The fourth-order valence-corrected chi connectivity index (χ4v) is 3.38. The van der Waals surface area contributed by atoms with Crippen molar-refractivity contribution in [3.05, 3.63) is 59.7 Å². The van der Waals surface area contributed by atoms with Gasteiger partial charge in [0.25, 0.3) is 0 Å². The number of carbonyl (C=O) groups excluding carboxylic acids is 1. The number of hydrogen-bond donors (Lipinski definition) is 1. The van der Waals surface area contributed by atoms with Crippen LogP contribution in [0.5, 0.6) is 5.75 Å². The molecule has 2 rings (SSSR count). The molecule has 1 amide bonds. The van der Waals surface area contributed by atoms with Gasteiger partial charge in [0, 0.05) is 5.69 Å². The van der Waals surface area contributed by atoms with Crippen molar-refractivity contribution in [1.29, 1.82) is 0 Å². The van der Waals surface area contributed by atoms with Gasteiger partial charge in [-0.2, -0.15) is 0 Å². The summed E-state index contributed by atoms with van der Waals surface area (Å²) in [5.41, 5.74) is 3.39. The van der Waals surface area contributed by atoms with E-state index in [0.717, 1.165) is 17.7 Å². The van der Waals surface area contributed by atoms with Crippen LogP contribution in [0.3, 0.4) is 0 Å². The molecule has 1 N–H and O–H groups in total. The Morgan fingerprint density at radius 2 is 1.64 bits per heavy atom. The first-order chi connectivity index (χ1) is 11.5. The predicted octanol–water partition coefficient (Wildman–Crippen LogP) is 6.32. The number of benzene rings is 2. The van der Waals surface area contributed by atoms with Crippen LogP contribution in [0.25, 0.3) is 0 Å². The monoisotopic (exact) mass is 339 g/mol. The number of hydrogen-bond acceptors (Lipinski definition) is 2. The maximum absolute atomic E-state index is 12.0. The van der Waals surface area contributed by atoms with Crippen molar-refractivity contribution >= 4 is 11.8 Å². The van der Waals surface area contributed by atoms with Gasteiger partial charge >= 0.3 is 6.09 Å². The summed E-state index contributed by atoms with van der Waals surface area (Å²) in [6.45, 7) is 13.2. The average molecular weight is 339 g/mol. The van der Waals surface area contributed by atoms with Gasteiger partial charge < -0.3 is 4.74 Å². The lowest BCUT2D eigenvalue weighted by Gasteiger charge is -2.33. The van der Waals surface area contributed by atoms with E-state index in [1.54, 1.807) is 0 Å². The predicted molar refractivity (Wildman–Crippen MR) is 104 cm³/mol. The molecule has 0 spiro atoms. The van der Waals surface area contributed by atoms with E-state index < -0.39 is 6.09 Å². The molecule has 3 nitrogen and oxygen atoms in total. The molecule has 0 unspecified atom stereocenters. The molecule has 0 fully saturated rings. The maximum atomic E-state index is 12.0. The van der Waals surface area contributed by atoms with Crippen LogP contribution in [-0.2, 0) is 5.41 Å². The summed E-state index contributed by atoms with van der Waals surface area (Å²) in [4.78, 5) is 12.0. The zero-order chi connectivity index (χ0) is 18.7. The molecule has 2 aromatic carbocycles. The van der Waals surface area contributed by atoms with Gasteiger partial charge in [0.1, 0.15) is 5.75 Å². The van der Waals surface area contributed by atoms with E-state index in [4.69, 9.17) is 4.74 Å². The Morgan fingerprint density at radius 1 is 1.00 bits per heavy atom. The standard InChI is InChI=1S/C22H29NO2/c1-16-8-7-9-18(14-16)23-20(24)25-19-12-10-17(11-13-19)22(5,6)15-21(2,3)4/h7-14H,15H2,1-6H3,(H,23,24). The van der Waals surface area contributed by atoms with Crippen molar-refractivity contribution in [1.82, 2.24) is 0 Å². The van der Waals surface area contributed by atoms with Gasteiger partial charge in [-0.3, -0.25) is 5.32 Å². The fraction of sp³-hybridized carbons (Fsp3) is 0.409. The van der Waals surface area contributed by atoms with Crippen molar-refractivity contribution in [3.8, 4) is 5.75 Å². The third-order valence-electron chi connectivity index (χ3n) is 4.08. The number of carbonyl (C=O) groups is 1. The van der Waals surface area contributed by atoms with Gasteiger partial charge in [-0.15, -0.1) is 0 Å². The Balaban J connectivity index is 2.01. The highest BCUT2D eigenvalue weighted by molar-refractivity contribution is 5.86. The Morgan fingerprint density at radius 3 is 2.20 bits per heavy atom. The molecule has 0 aromatic heterocycles. The van der Waals surface area contributed by atoms with Crippen LogP contribution in [0.2, 0.25) is 0 Å². The van der Waals surface area contributed by atoms with Gasteiger partial charge in [0.05, 0.1) is 0 Å². The van der Waals surface area contributed by atoms with E-state index in [2.05, 4.69) is 39.9 Å². The molecular weight excluding hydrogens is 310 g/mol. The first kappa shape index (κ1) is 19.0. The SMILES string of the molecule is Cc1cccc(NC(=O)Oc2ccc(C(C)(C)CC(C)(C)C)cc2)c1. The molecule has 0 heterocycles. The van der Waals surface area contributed by atoms with E-state index in [9.17, 15) is 4.79 Å². The van der Waals surface area contributed by atoms with Crippen LogP contribution in [0.4, 0.5) is 10.5 Å². The van der Waals surface area contributed by atoms with Gasteiger partial charge in [-0.25, -0.2) is 4.79 Å². The van der Waals surface area contributed by atoms with E-state index in [1.807, 2.05) is 55.5 Å². The number of aryl methyl sites for hydroxylation is 1. The van der Waals surface area contributed by atoms with Gasteiger partial charge in [0.15, 0.2) is 0 Å². The number of anilines is 1. The normalized spacial score (nSPS) is 11.9. The highest BCUT2D eigenvalue weighted by Crippen LogP contribution is 2.36. The Kier molecular flexibility index (Phi) is 5.56.